The standard InChI is InChI=1S/C12H11N5OS2/c1-19-12-16-9-3-2-8(4-10(9)20-12)15-11(18)5-17-7-13-6-14-17/h2-4,6-7H,5H2,1H3,(H,15,18). The molecule has 0 fully saturated rings. The fourth-order valence-corrected chi connectivity index (χ4v) is 3.26. The molecule has 3 rings (SSSR count). The Labute approximate surface area is 123 Å². The van der Waals surface area contributed by atoms with Crippen LogP contribution in [0.15, 0.2) is 35.2 Å². The second-order valence-corrected chi connectivity index (χ2v) is 6.09. The van der Waals surface area contributed by atoms with Crippen LogP contribution in [0.3, 0.4) is 0 Å². The number of carbonyl (C=O) groups is 1. The molecular weight excluding hydrogens is 294 g/mol. The third-order valence-corrected chi connectivity index (χ3v) is 4.60. The molecule has 0 radical (unpaired) electrons. The second kappa shape index (κ2) is 5.59. The minimum absolute atomic E-state index is 0.135. The maximum atomic E-state index is 11.9. The summed E-state index contributed by atoms with van der Waals surface area (Å²) in [6.45, 7) is 0.150. The first kappa shape index (κ1) is 13.1. The molecule has 3 aromatic rings. The summed E-state index contributed by atoms with van der Waals surface area (Å²) in [5, 5.41) is 6.74. The molecule has 0 bridgehead atoms. The zero-order chi connectivity index (χ0) is 13.9. The summed E-state index contributed by atoms with van der Waals surface area (Å²) in [6, 6.07) is 5.70. The Bertz CT molecular complexity index is 737. The van der Waals surface area contributed by atoms with E-state index in [1.165, 1.54) is 17.3 Å². The maximum absolute atomic E-state index is 11.9. The average molecular weight is 305 g/mol. The number of anilines is 1. The molecule has 102 valence electrons. The van der Waals surface area contributed by atoms with Gasteiger partial charge in [0, 0.05) is 5.69 Å². The highest BCUT2D eigenvalue weighted by molar-refractivity contribution is 8.00. The SMILES string of the molecule is CSc1nc2ccc(NC(=O)Cn3cncn3)cc2s1. The number of fused-ring (bicyclic) bond motifs is 1. The molecule has 0 aliphatic heterocycles. The zero-order valence-corrected chi connectivity index (χ0v) is 12.2. The molecule has 0 atom stereocenters. The third-order valence-electron chi connectivity index (χ3n) is 2.60. The first-order valence-corrected chi connectivity index (χ1v) is 7.85. The quantitative estimate of drug-likeness (QED) is 0.748. The van der Waals surface area contributed by atoms with Crippen molar-refractivity contribution in [2.45, 2.75) is 10.9 Å². The molecule has 0 saturated heterocycles. The summed E-state index contributed by atoms with van der Waals surface area (Å²) < 4.78 is 3.56. The summed E-state index contributed by atoms with van der Waals surface area (Å²) >= 11 is 3.24. The highest BCUT2D eigenvalue weighted by Crippen LogP contribution is 2.29. The lowest BCUT2D eigenvalue weighted by Crippen LogP contribution is -2.18. The number of nitrogens with zero attached hydrogens (tertiary/aromatic N) is 4. The van der Waals surface area contributed by atoms with Crippen molar-refractivity contribution in [3.8, 4) is 0 Å². The summed E-state index contributed by atoms with van der Waals surface area (Å²) in [4.78, 5) is 20.1. The van der Waals surface area contributed by atoms with E-state index in [1.54, 1.807) is 23.1 Å². The van der Waals surface area contributed by atoms with Gasteiger partial charge in [-0.25, -0.2) is 14.6 Å². The summed E-state index contributed by atoms with van der Waals surface area (Å²) in [7, 11) is 0. The zero-order valence-electron chi connectivity index (χ0n) is 10.6. The Balaban J connectivity index is 1.75. The highest BCUT2D eigenvalue weighted by Gasteiger charge is 2.07. The number of thioether (sulfide) groups is 1. The Morgan fingerprint density at radius 1 is 1.50 bits per heavy atom. The van der Waals surface area contributed by atoms with Crippen LogP contribution in [0.5, 0.6) is 0 Å². The van der Waals surface area contributed by atoms with Crippen molar-refractivity contribution in [3.05, 3.63) is 30.9 Å². The van der Waals surface area contributed by atoms with Gasteiger partial charge in [0.15, 0.2) is 4.34 Å². The van der Waals surface area contributed by atoms with Crippen molar-refractivity contribution in [1.82, 2.24) is 19.7 Å². The van der Waals surface area contributed by atoms with E-state index in [4.69, 9.17) is 0 Å². The fraction of sp³-hybridized carbons (Fsp3) is 0.167. The number of amides is 1. The van der Waals surface area contributed by atoms with Gasteiger partial charge < -0.3 is 5.32 Å². The van der Waals surface area contributed by atoms with Crippen LogP contribution in [0, 0.1) is 0 Å². The number of carbonyl (C=O) groups excluding carboxylic acids is 1. The highest BCUT2D eigenvalue weighted by atomic mass is 32.2. The van der Waals surface area contributed by atoms with Crippen molar-refractivity contribution in [1.29, 1.82) is 0 Å². The van der Waals surface area contributed by atoms with Gasteiger partial charge in [-0.15, -0.1) is 11.3 Å². The normalized spacial score (nSPS) is 10.8. The topological polar surface area (TPSA) is 72.7 Å². The van der Waals surface area contributed by atoms with Crippen LogP contribution in [0.2, 0.25) is 0 Å². The first-order valence-electron chi connectivity index (χ1n) is 5.81. The van der Waals surface area contributed by atoms with E-state index >= 15 is 0 Å². The van der Waals surface area contributed by atoms with E-state index in [0.29, 0.717) is 0 Å². The lowest BCUT2D eigenvalue weighted by Gasteiger charge is -2.04. The minimum atomic E-state index is -0.135. The molecule has 0 aliphatic rings. The van der Waals surface area contributed by atoms with Gasteiger partial charge in [-0.05, 0) is 24.5 Å². The molecule has 0 unspecified atom stereocenters. The van der Waals surface area contributed by atoms with Crippen LogP contribution in [0.1, 0.15) is 0 Å². The molecule has 1 aromatic carbocycles. The lowest BCUT2D eigenvalue weighted by atomic mass is 10.3. The van der Waals surface area contributed by atoms with Gasteiger partial charge in [-0.3, -0.25) is 4.79 Å². The monoisotopic (exact) mass is 305 g/mol. The average Bonchev–Trinajstić information content (AvgIpc) is 3.06. The summed E-state index contributed by atoms with van der Waals surface area (Å²) in [5.41, 5.74) is 1.72. The number of nitrogens with one attached hydrogen (secondary N) is 1. The number of hydrogen-bond acceptors (Lipinski definition) is 6. The number of hydrogen-bond donors (Lipinski definition) is 1. The molecule has 2 heterocycles. The fourth-order valence-electron chi connectivity index (χ4n) is 1.73. The molecule has 0 saturated carbocycles. The Hall–Kier alpha value is -1.93. The van der Waals surface area contributed by atoms with Crippen molar-refractivity contribution < 1.29 is 4.79 Å². The van der Waals surface area contributed by atoms with Gasteiger partial charge in [0.25, 0.3) is 0 Å². The Kier molecular flexibility index (Phi) is 3.66. The molecule has 2 aromatic heterocycles. The maximum Gasteiger partial charge on any atom is 0.246 e. The number of benzene rings is 1. The van der Waals surface area contributed by atoms with Gasteiger partial charge in [0.05, 0.1) is 10.2 Å². The largest absolute Gasteiger partial charge is 0.324 e. The first-order chi connectivity index (χ1) is 9.74. The second-order valence-electron chi connectivity index (χ2n) is 4.01. The number of thiazole rings is 1. The van der Waals surface area contributed by atoms with Crippen LogP contribution in [0.4, 0.5) is 5.69 Å². The molecule has 0 spiro atoms. The van der Waals surface area contributed by atoms with E-state index in [2.05, 4.69) is 20.4 Å². The van der Waals surface area contributed by atoms with Gasteiger partial charge in [0.2, 0.25) is 5.91 Å². The van der Waals surface area contributed by atoms with Crippen LogP contribution in [-0.2, 0) is 11.3 Å². The molecular formula is C12H11N5OS2. The van der Waals surface area contributed by atoms with E-state index in [0.717, 1.165) is 20.2 Å². The van der Waals surface area contributed by atoms with E-state index in [9.17, 15) is 4.79 Å². The lowest BCUT2D eigenvalue weighted by molar-refractivity contribution is -0.116. The van der Waals surface area contributed by atoms with Crippen LogP contribution in [0.25, 0.3) is 10.2 Å². The number of rotatable bonds is 4. The van der Waals surface area contributed by atoms with Gasteiger partial charge in [-0.1, -0.05) is 11.8 Å². The van der Waals surface area contributed by atoms with Crippen molar-refractivity contribution >= 4 is 44.9 Å². The number of aromatic nitrogens is 4. The van der Waals surface area contributed by atoms with Crippen LogP contribution < -0.4 is 5.32 Å². The molecule has 1 amide bonds. The van der Waals surface area contributed by atoms with E-state index < -0.39 is 0 Å². The summed E-state index contributed by atoms with van der Waals surface area (Å²) in [5.74, 6) is -0.135. The summed E-state index contributed by atoms with van der Waals surface area (Å²) in [6.07, 6.45) is 4.91. The Morgan fingerprint density at radius 2 is 2.40 bits per heavy atom. The van der Waals surface area contributed by atoms with Crippen LogP contribution >= 0.6 is 23.1 Å². The van der Waals surface area contributed by atoms with E-state index in [1.807, 2.05) is 24.5 Å². The molecule has 20 heavy (non-hydrogen) atoms. The minimum Gasteiger partial charge on any atom is -0.324 e. The predicted octanol–water partition coefficient (Wildman–Crippen LogP) is 2.25. The van der Waals surface area contributed by atoms with Gasteiger partial charge in [-0.2, -0.15) is 5.10 Å². The molecule has 8 heteroatoms. The van der Waals surface area contributed by atoms with Crippen molar-refractivity contribution in [2.75, 3.05) is 11.6 Å². The van der Waals surface area contributed by atoms with Gasteiger partial charge in [0.1, 0.15) is 19.2 Å². The van der Waals surface area contributed by atoms with Crippen LogP contribution in [-0.4, -0.2) is 31.9 Å². The molecule has 0 aliphatic carbocycles. The van der Waals surface area contributed by atoms with Gasteiger partial charge >= 0.3 is 0 Å². The predicted molar refractivity (Wildman–Crippen MR) is 80.1 cm³/mol. The van der Waals surface area contributed by atoms with Crippen molar-refractivity contribution in [2.24, 2.45) is 0 Å². The molecule has 6 nitrogen and oxygen atoms in total. The van der Waals surface area contributed by atoms with Crippen molar-refractivity contribution in [3.63, 3.8) is 0 Å². The molecule has 1 N–H and O–H groups in total. The Morgan fingerprint density at radius 3 is 3.15 bits per heavy atom. The third kappa shape index (κ3) is 2.81. The van der Waals surface area contributed by atoms with E-state index in [-0.39, 0.29) is 12.5 Å². The smallest absolute Gasteiger partial charge is 0.246 e.